The van der Waals surface area contributed by atoms with Gasteiger partial charge >= 0.3 is 5.97 Å². The largest absolute Gasteiger partial charge is 0.508 e. The van der Waals surface area contributed by atoms with Gasteiger partial charge in [0.25, 0.3) is 0 Å². The summed E-state index contributed by atoms with van der Waals surface area (Å²) >= 11 is 0. The summed E-state index contributed by atoms with van der Waals surface area (Å²) in [6.45, 7) is 0. The predicted molar refractivity (Wildman–Crippen MR) is 70.1 cm³/mol. The lowest BCUT2D eigenvalue weighted by Gasteiger charge is -2.03. The summed E-state index contributed by atoms with van der Waals surface area (Å²) in [7, 11) is 0. The van der Waals surface area contributed by atoms with Crippen LogP contribution in [0.5, 0.6) is 5.75 Å². The minimum Gasteiger partial charge on any atom is -0.508 e. The van der Waals surface area contributed by atoms with Crippen LogP contribution in [0.3, 0.4) is 0 Å². The lowest BCUT2D eigenvalue weighted by atomic mass is 10.0. The molecule has 3 heteroatoms. The molecule has 0 saturated carbocycles. The molecule has 2 aromatic carbocycles. The zero-order chi connectivity index (χ0) is 13.0. The van der Waals surface area contributed by atoms with Crippen molar-refractivity contribution in [1.82, 2.24) is 0 Å². The van der Waals surface area contributed by atoms with Crippen molar-refractivity contribution in [2.45, 2.75) is 0 Å². The molecular weight excluding hydrogens is 228 g/mol. The third kappa shape index (κ3) is 2.77. The Balaban J connectivity index is 2.46. The Morgan fingerprint density at radius 2 is 1.72 bits per heavy atom. The summed E-state index contributed by atoms with van der Waals surface area (Å²) in [6.07, 6.45) is 1.54. The van der Waals surface area contributed by atoms with Gasteiger partial charge in [-0.15, -0.1) is 0 Å². The molecule has 0 radical (unpaired) electrons. The first-order valence-electron chi connectivity index (χ1n) is 5.46. The van der Waals surface area contributed by atoms with E-state index >= 15 is 0 Å². The smallest absolute Gasteiger partial charge is 0.336 e. The van der Waals surface area contributed by atoms with E-state index < -0.39 is 5.97 Å². The third-order valence-electron chi connectivity index (χ3n) is 2.50. The fraction of sp³-hybridized carbons (Fsp3) is 0. The molecule has 0 bridgehead atoms. The molecule has 18 heavy (non-hydrogen) atoms. The Morgan fingerprint density at radius 3 is 2.33 bits per heavy atom. The number of aliphatic carboxylic acids is 1. The molecule has 0 aliphatic rings. The zero-order valence-electron chi connectivity index (χ0n) is 9.58. The summed E-state index contributed by atoms with van der Waals surface area (Å²) in [5.41, 5.74) is 1.48. The topological polar surface area (TPSA) is 57.5 Å². The van der Waals surface area contributed by atoms with E-state index in [1.54, 1.807) is 42.5 Å². The highest BCUT2D eigenvalue weighted by atomic mass is 16.4. The predicted octanol–water partition coefficient (Wildman–Crippen LogP) is 3.02. The summed E-state index contributed by atoms with van der Waals surface area (Å²) in [5, 5.41) is 18.6. The fourth-order valence-electron chi connectivity index (χ4n) is 1.67. The van der Waals surface area contributed by atoms with E-state index in [9.17, 15) is 15.0 Å². The summed E-state index contributed by atoms with van der Waals surface area (Å²) in [5.74, 6) is -0.883. The maximum Gasteiger partial charge on any atom is 0.336 e. The van der Waals surface area contributed by atoms with Gasteiger partial charge in [0.05, 0.1) is 5.57 Å². The molecule has 0 aliphatic heterocycles. The first-order chi connectivity index (χ1) is 8.66. The van der Waals surface area contributed by atoms with Crippen LogP contribution in [-0.4, -0.2) is 16.2 Å². The molecule has 0 aromatic heterocycles. The monoisotopic (exact) mass is 240 g/mol. The normalized spacial score (nSPS) is 11.2. The number of phenols is 1. The summed E-state index contributed by atoms with van der Waals surface area (Å²) < 4.78 is 0. The minimum atomic E-state index is -0.996. The number of aromatic hydroxyl groups is 1. The van der Waals surface area contributed by atoms with Gasteiger partial charge in [-0.1, -0.05) is 42.5 Å². The minimum absolute atomic E-state index is 0.113. The maximum absolute atomic E-state index is 11.3. The van der Waals surface area contributed by atoms with Gasteiger partial charge in [0.1, 0.15) is 5.75 Å². The molecule has 2 aromatic rings. The van der Waals surface area contributed by atoms with Crippen molar-refractivity contribution < 1.29 is 15.0 Å². The van der Waals surface area contributed by atoms with E-state index in [0.29, 0.717) is 11.1 Å². The molecule has 0 spiro atoms. The second-order valence-corrected chi connectivity index (χ2v) is 3.82. The van der Waals surface area contributed by atoms with E-state index in [0.717, 1.165) is 0 Å². The fourth-order valence-corrected chi connectivity index (χ4v) is 1.67. The Labute approximate surface area is 105 Å². The molecule has 0 unspecified atom stereocenters. The van der Waals surface area contributed by atoms with Crippen molar-refractivity contribution in [1.29, 1.82) is 0 Å². The Morgan fingerprint density at radius 1 is 1.00 bits per heavy atom. The van der Waals surface area contributed by atoms with Gasteiger partial charge in [-0.25, -0.2) is 4.79 Å². The van der Waals surface area contributed by atoms with Crippen molar-refractivity contribution in [3.05, 3.63) is 65.7 Å². The number of carbonyl (C=O) groups is 1. The Kier molecular flexibility index (Phi) is 3.44. The van der Waals surface area contributed by atoms with Crippen LogP contribution in [0.15, 0.2) is 54.6 Å². The van der Waals surface area contributed by atoms with Crippen LogP contribution in [0.1, 0.15) is 11.1 Å². The molecule has 0 atom stereocenters. The number of carboxylic acids is 1. The van der Waals surface area contributed by atoms with Crippen molar-refractivity contribution in [3.63, 3.8) is 0 Å². The van der Waals surface area contributed by atoms with Crippen LogP contribution >= 0.6 is 0 Å². The molecule has 2 N–H and O–H groups in total. The average molecular weight is 240 g/mol. The number of hydrogen-bond donors (Lipinski definition) is 2. The van der Waals surface area contributed by atoms with E-state index in [4.69, 9.17) is 0 Å². The molecule has 3 nitrogen and oxygen atoms in total. The third-order valence-corrected chi connectivity index (χ3v) is 2.50. The zero-order valence-corrected chi connectivity index (χ0v) is 9.58. The van der Waals surface area contributed by atoms with Crippen molar-refractivity contribution in [2.75, 3.05) is 0 Å². The van der Waals surface area contributed by atoms with E-state index in [1.165, 1.54) is 12.1 Å². The van der Waals surface area contributed by atoms with Crippen LogP contribution in [0.25, 0.3) is 11.6 Å². The van der Waals surface area contributed by atoms with Crippen LogP contribution < -0.4 is 0 Å². The van der Waals surface area contributed by atoms with Gasteiger partial charge < -0.3 is 10.2 Å². The molecule has 90 valence electrons. The molecule has 0 heterocycles. The number of carboxylic acid groups (broad SMARTS) is 1. The second-order valence-electron chi connectivity index (χ2n) is 3.82. The van der Waals surface area contributed by atoms with Gasteiger partial charge in [0, 0.05) is 0 Å². The van der Waals surface area contributed by atoms with Crippen LogP contribution in [0, 0.1) is 0 Å². The van der Waals surface area contributed by atoms with Crippen molar-refractivity contribution >= 4 is 17.6 Å². The molecule has 0 fully saturated rings. The SMILES string of the molecule is O=C(O)/C(=C\c1cccc(O)c1)c1ccccc1. The van der Waals surface area contributed by atoms with E-state index in [-0.39, 0.29) is 11.3 Å². The standard InChI is InChI=1S/C15H12O3/c16-13-8-4-5-11(9-13)10-14(15(17)18)12-6-2-1-3-7-12/h1-10,16H,(H,17,18)/b14-10-. The molecule has 2 rings (SSSR count). The summed E-state index contributed by atoms with van der Waals surface area (Å²) in [4.78, 5) is 11.3. The van der Waals surface area contributed by atoms with Crippen LogP contribution in [0.2, 0.25) is 0 Å². The molecule has 0 aliphatic carbocycles. The number of rotatable bonds is 3. The average Bonchev–Trinajstić information content (AvgIpc) is 2.37. The van der Waals surface area contributed by atoms with Gasteiger partial charge in [-0.2, -0.15) is 0 Å². The van der Waals surface area contributed by atoms with Gasteiger partial charge in [0.15, 0.2) is 0 Å². The number of hydrogen-bond acceptors (Lipinski definition) is 2. The van der Waals surface area contributed by atoms with Crippen molar-refractivity contribution in [2.24, 2.45) is 0 Å². The summed E-state index contributed by atoms with van der Waals surface area (Å²) in [6, 6.07) is 15.4. The number of benzene rings is 2. The molecule has 0 amide bonds. The Bertz CT molecular complexity index is 586. The van der Waals surface area contributed by atoms with E-state index in [2.05, 4.69) is 0 Å². The molecular formula is C15H12O3. The van der Waals surface area contributed by atoms with Crippen molar-refractivity contribution in [3.8, 4) is 5.75 Å². The lowest BCUT2D eigenvalue weighted by molar-refractivity contribution is -0.130. The first-order valence-corrected chi connectivity index (χ1v) is 5.46. The quantitative estimate of drug-likeness (QED) is 0.640. The Hall–Kier alpha value is -2.55. The van der Waals surface area contributed by atoms with Gasteiger partial charge in [-0.05, 0) is 29.3 Å². The van der Waals surface area contributed by atoms with Gasteiger partial charge in [0.2, 0.25) is 0 Å². The maximum atomic E-state index is 11.3. The van der Waals surface area contributed by atoms with Crippen LogP contribution in [0.4, 0.5) is 0 Å². The second kappa shape index (κ2) is 5.19. The van der Waals surface area contributed by atoms with Crippen LogP contribution in [-0.2, 0) is 4.79 Å². The first kappa shape index (κ1) is 11.9. The highest BCUT2D eigenvalue weighted by Gasteiger charge is 2.09. The van der Waals surface area contributed by atoms with Gasteiger partial charge in [-0.3, -0.25) is 0 Å². The lowest BCUT2D eigenvalue weighted by Crippen LogP contribution is -1.99. The van der Waals surface area contributed by atoms with E-state index in [1.807, 2.05) is 6.07 Å². The molecule has 0 saturated heterocycles. The highest BCUT2D eigenvalue weighted by molar-refractivity contribution is 6.20. The highest BCUT2D eigenvalue weighted by Crippen LogP contribution is 2.20. The number of phenolic OH excluding ortho intramolecular Hbond substituents is 1.